The van der Waals surface area contributed by atoms with E-state index in [-0.39, 0.29) is 30.3 Å². The van der Waals surface area contributed by atoms with Gasteiger partial charge in [0.25, 0.3) is 0 Å². The lowest BCUT2D eigenvalue weighted by Gasteiger charge is -2.41. The number of ether oxygens (including phenoxy) is 2. The van der Waals surface area contributed by atoms with E-state index < -0.39 is 12.3 Å². The van der Waals surface area contributed by atoms with Gasteiger partial charge in [-0.1, -0.05) is 73.7 Å². The third-order valence-corrected chi connectivity index (χ3v) is 8.42. The Morgan fingerprint density at radius 2 is 1.55 bits per heavy atom. The van der Waals surface area contributed by atoms with Gasteiger partial charge in [0, 0.05) is 28.7 Å². The summed E-state index contributed by atoms with van der Waals surface area (Å²) in [6, 6.07) is 31.3. The van der Waals surface area contributed by atoms with Gasteiger partial charge in [-0.05, 0) is 58.1 Å². The van der Waals surface area contributed by atoms with Crippen molar-refractivity contribution in [3.63, 3.8) is 0 Å². The molecule has 1 fully saturated rings. The van der Waals surface area contributed by atoms with E-state index in [2.05, 4.69) is 31.2 Å². The van der Waals surface area contributed by atoms with Crippen LogP contribution in [0.3, 0.4) is 0 Å². The molecule has 0 saturated carbocycles. The molecule has 0 aliphatic carbocycles. The molecule has 0 spiro atoms. The number of aliphatic hydroxyl groups is 1. The van der Waals surface area contributed by atoms with Crippen LogP contribution in [0.4, 0.5) is 0 Å². The highest BCUT2D eigenvalue weighted by atomic mass is 32.2. The van der Waals surface area contributed by atoms with Crippen LogP contribution in [0.15, 0.2) is 102 Å². The molecule has 5 rings (SSSR count). The van der Waals surface area contributed by atoms with Crippen LogP contribution in [0.2, 0.25) is 0 Å². The molecule has 206 valence electrons. The molecule has 4 aromatic carbocycles. The van der Waals surface area contributed by atoms with E-state index in [0.717, 1.165) is 38.3 Å². The van der Waals surface area contributed by atoms with Gasteiger partial charge in [-0.25, -0.2) is 4.79 Å². The zero-order valence-electron chi connectivity index (χ0n) is 22.3. The van der Waals surface area contributed by atoms with Gasteiger partial charge in [0.15, 0.2) is 6.29 Å². The number of hydrogen-bond acceptors (Lipinski definition) is 6. The van der Waals surface area contributed by atoms with Crippen molar-refractivity contribution in [2.75, 3.05) is 5.75 Å². The summed E-state index contributed by atoms with van der Waals surface area (Å²) in [4.78, 5) is 12.2. The largest absolute Gasteiger partial charge is 0.478 e. The van der Waals surface area contributed by atoms with Crippen molar-refractivity contribution in [3.05, 3.63) is 125 Å². The molecule has 0 bridgehead atoms. The molecule has 4 atom stereocenters. The summed E-state index contributed by atoms with van der Waals surface area (Å²) >= 11 is 1.64. The summed E-state index contributed by atoms with van der Waals surface area (Å²) in [5.74, 6) is -0.197. The number of carboxylic acid groups (broad SMARTS) is 1. The zero-order valence-corrected chi connectivity index (χ0v) is 23.1. The maximum absolute atomic E-state index is 11.2. The van der Waals surface area contributed by atoms with Crippen LogP contribution in [0.1, 0.15) is 51.9 Å². The van der Waals surface area contributed by atoms with Gasteiger partial charge in [0.05, 0.1) is 24.4 Å². The Morgan fingerprint density at radius 3 is 2.20 bits per heavy atom. The number of benzene rings is 4. The maximum atomic E-state index is 11.2. The van der Waals surface area contributed by atoms with Gasteiger partial charge >= 0.3 is 5.97 Å². The second-order valence-electron chi connectivity index (χ2n) is 9.99. The molecule has 40 heavy (non-hydrogen) atoms. The average Bonchev–Trinajstić information content (AvgIpc) is 3.01. The number of hydrogen-bond donors (Lipinski definition) is 3. The van der Waals surface area contributed by atoms with Gasteiger partial charge in [0.2, 0.25) is 0 Å². The minimum absolute atomic E-state index is 0.00639. The lowest BCUT2D eigenvalue weighted by atomic mass is 9.91. The van der Waals surface area contributed by atoms with E-state index in [9.17, 15) is 15.0 Å². The lowest BCUT2D eigenvalue weighted by molar-refractivity contribution is -0.268. The van der Waals surface area contributed by atoms with Crippen LogP contribution in [-0.4, -0.2) is 28.0 Å². The van der Waals surface area contributed by atoms with Crippen molar-refractivity contribution < 1.29 is 24.5 Å². The summed E-state index contributed by atoms with van der Waals surface area (Å²) in [7, 11) is 0. The first-order valence-electron chi connectivity index (χ1n) is 13.3. The number of nitrogens with two attached hydrogens (primary N) is 1. The van der Waals surface area contributed by atoms with Crippen LogP contribution in [0.25, 0.3) is 11.1 Å². The lowest BCUT2D eigenvalue weighted by Crippen LogP contribution is -2.38. The molecule has 4 N–H and O–H groups in total. The van der Waals surface area contributed by atoms with Crippen LogP contribution in [0.5, 0.6) is 0 Å². The molecule has 1 heterocycles. The van der Waals surface area contributed by atoms with Crippen LogP contribution in [-0.2, 0) is 22.6 Å². The fraction of sp³-hybridized carbons (Fsp3) is 0.242. The van der Waals surface area contributed by atoms with Gasteiger partial charge < -0.3 is 25.4 Å². The highest BCUT2D eigenvalue weighted by molar-refractivity contribution is 7.99. The minimum atomic E-state index is -0.936. The first kappa shape index (κ1) is 28.1. The standard InChI is InChI=1S/C33H33NO5S/c1-21-30(20-40-29-15-13-26(14-16-29)32(36)37)38-33(39-31(21)25-7-5-22(19-35)6-8-25)27-11-9-24(10-12-27)28-4-2-3-23(17-28)18-34/h2-17,21,30-31,33,35H,18-20,34H2,1H3,(H,36,37). The fourth-order valence-corrected chi connectivity index (χ4v) is 5.96. The SMILES string of the molecule is CC1C(CSc2ccc(C(=O)O)cc2)OC(c2ccc(-c3cccc(CN)c3)cc2)OC1c1ccc(CO)cc1. The van der Waals surface area contributed by atoms with Crippen molar-refractivity contribution in [2.45, 2.75) is 43.5 Å². The number of aromatic carboxylic acids is 1. The van der Waals surface area contributed by atoms with E-state index in [1.807, 2.05) is 60.7 Å². The second-order valence-corrected chi connectivity index (χ2v) is 11.1. The number of rotatable bonds is 9. The van der Waals surface area contributed by atoms with Crippen molar-refractivity contribution >= 4 is 17.7 Å². The van der Waals surface area contributed by atoms with Gasteiger partial charge in [-0.15, -0.1) is 11.8 Å². The molecular weight excluding hydrogens is 522 g/mol. The topological polar surface area (TPSA) is 102 Å². The fourth-order valence-electron chi connectivity index (χ4n) is 4.89. The summed E-state index contributed by atoms with van der Waals surface area (Å²) in [5, 5.41) is 18.7. The summed E-state index contributed by atoms with van der Waals surface area (Å²) in [6.45, 7) is 2.62. The van der Waals surface area contributed by atoms with E-state index in [0.29, 0.717) is 12.3 Å². The average molecular weight is 556 g/mol. The Labute approximate surface area is 238 Å². The number of carbonyl (C=O) groups is 1. The van der Waals surface area contributed by atoms with Crippen molar-refractivity contribution in [3.8, 4) is 11.1 Å². The smallest absolute Gasteiger partial charge is 0.335 e. The third kappa shape index (κ3) is 6.46. The van der Waals surface area contributed by atoms with Crippen molar-refractivity contribution in [1.82, 2.24) is 0 Å². The Kier molecular flexibility index (Phi) is 8.99. The molecule has 4 unspecified atom stereocenters. The molecular formula is C33H33NO5S. The van der Waals surface area contributed by atoms with E-state index in [1.165, 1.54) is 0 Å². The van der Waals surface area contributed by atoms with Crippen LogP contribution in [0, 0.1) is 5.92 Å². The molecule has 0 radical (unpaired) electrons. The summed E-state index contributed by atoms with van der Waals surface area (Å²) in [6.07, 6.45) is -0.873. The van der Waals surface area contributed by atoms with Gasteiger partial charge in [-0.3, -0.25) is 0 Å². The molecule has 0 amide bonds. The van der Waals surface area contributed by atoms with Gasteiger partial charge in [-0.2, -0.15) is 0 Å². The number of thioether (sulfide) groups is 1. The van der Waals surface area contributed by atoms with Crippen LogP contribution >= 0.6 is 11.8 Å². The van der Waals surface area contributed by atoms with Crippen molar-refractivity contribution in [2.24, 2.45) is 11.7 Å². The van der Waals surface area contributed by atoms with E-state index in [4.69, 9.17) is 15.2 Å². The molecule has 6 nitrogen and oxygen atoms in total. The molecule has 0 aromatic heterocycles. The first-order valence-corrected chi connectivity index (χ1v) is 14.3. The summed E-state index contributed by atoms with van der Waals surface area (Å²) < 4.78 is 13.1. The van der Waals surface area contributed by atoms with Crippen molar-refractivity contribution in [1.29, 1.82) is 0 Å². The van der Waals surface area contributed by atoms with Crippen LogP contribution < -0.4 is 5.73 Å². The maximum Gasteiger partial charge on any atom is 0.335 e. The normalized spacial score (nSPS) is 20.8. The highest BCUT2D eigenvalue weighted by Crippen LogP contribution is 2.43. The quantitative estimate of drug-likeness (QED) is 0.200. The van der Waals surface area contributed by atoms with E-state index in [1.54, 1.807) is 23.9 Å². The molecule has 1 aliphatic heterocycles. The minimum Gasteiger partial charge on any atom is -0.478 e. The number of carboxylic acids is 1. The Morgan fingerprint density at radius 1 is 0.850 bits per heavy atom. The summed E-state index contributed by atoms with van der Waals surface area (Å²) in [5.41, 5.74) is 12.2. The molecule has 1 saturated heterocycles. The highest BCUT2D eigenvalue weighted by Gasteiger charge is 2.38. The second kappa shape index (κ2) is 12.8. The zero-order chi connectivity index (χ0) is 28.1. The molecule has 1 aliphatic rings. The van der Waals surface area contributed by atoms with Gasteiger partial charge in [0.1, 0.15) is 0 Å². The Balaban J connectivity index is 1.38. The third-order valence-electron chi connectivity index (χ3n) is 7.32. The monoisotopic (exact) mass is 555 g/mol. The molecule has 4 aromatic rings. The molecule has 7 heteroatoms. The predicted molar refractivity (Wildman–Crippen MR) is 157 cm³/mol. The first-order chi connectivity index (χ1) is 19.4. The Bertz CT molecular complexity index is 1420. The predicted octanol–water partition coefficient (Wildman–Crippen LogP) is 6.59. The number of aliphatic hydroxyl groups excluding tert-OH is 1. The van der Waals surface area contributed by atoms with E-state index >= 15 is 0 Å². The Hall–Kier alpha value is -3.46.